The number of carbonyl (C=O) groups is 1. The van der Waals surface area contributed by atoms with Crippen molar-refractivity contribution >= 4 is 42.1 Å². The quantitative estimate of drug-likeness (QED) is 0.635. The van der Waals surface area contributed by atoms with Gasteiger partial charge < -0.3 is 10.6 Å². The average molecular weight is 443 g/mol. The summed E-state index contributed by atoms with van der Waals surface area (Å²) in [5.41, 5.74) is 2.11. The van der Waals surface area contributed by atoms with E-state index in [-0.39, 0.29) is 30.7 Å². The van der Waals surface area contributed by atoms with E-state index in [0.29, 0.717) is 24.4 Å². The third kappa shape index (κ3) is 6.14. The van der Waals surface area contributed by atoms with Crippen LogP contribution in [-0.2, 0) is 11.2 Å². The largest absolute Gasteiger partial charge is 0.356 e. The number of hydrogen-bond acceptors (Lipinski definition) is 5. The van der Waals surface area contributed by atoms with Crippen molar-refractivity contribution in [1.29, 1.82) is 0 Å². The van der Waals surface area contributed by atoms with Crippen molar-refractivity contribution in [3.05, 3.63) is 34.9 Å². The first kappa shape index (κ1) is 23.1. The number of nitrogens with one attached hydrogen (secondary N) is 2. The Bertz CT molecular complexity index is 731. The predicted octanol–water partition coefficient (Wildman–Crippen LogP) is 4.02. The molecule has 2 aromatic heterocycles. The Morgan fingerprint density at radius 1 is 1.18 bits per heavy atom. The van der Waals surface area contributed by atoms with Crippen LogP contribution in [-0.4, -0.2) is 34.5 Å². The van der Waals surface area contributed by atoms with Crippen LogP contribution in [0.1, 0.15) is 43.5 Å². The highest BCUT2D eigenvalue weighted by Gasteiger charge is 2.34. The normalized spacial score (nSPS) is 22.8. The lowest BCUT2D eigenvalue weighted by atomic mass is 9.89. The summed E-state index contributed by atoms with van der Waals surface area (Å²) < 4.78 is 0. The van der Waals surface area contributed by atoms with E-state index in [4.69, 9.17) is 0 Å². The highest BCUT2D eigenvalue weighted by Crippen LogP contribution is 2.32. The van der Waals surface area contributed by atoms with E-state index in [0.717, 1.165) is 35.7 Å². The molecule has 2 bridgehead atoms. The van der Waals surface area contributed by atoms with Gasteiger partial charge in [-0.05, 0) is 50.2 Å². The van der Waals surface area contributed by atoms with Gasteiger partial charge in [0.15, 0.2) is 0 Å². The summed E-state index contributed by atoms with van der Waals surface area (Å²) >= 11 is 1.69. The molecule has 2 aliphatic rings. The van der Waals surface area contributed by atoms with Gasteiger partial charge in [0.05, 0.1) is 10.7 Å². The minimum atomic E-state index is 0. The molecule has 4 heterocycles. The third-order valence-electron chi connectivity index (χ3n) is 5.46. The van der Waals surface area contributed by atoms with E-state index in [1.54, 1.807) is 23.7 Å². The van der Waals surface area contributed by atoms with Gasteiger partial charge in [0, 0.05) is 54.8 Å². The number of halogens is 2. The standard InChI is InChI=1S/C20H26N4OS.2ClH/c25-19(12-14-10-16-3-4-17(11-14)23-16)22-7-1-2-20-24-18(13-26-20)15-5-8-21-9-6-15;;/h5-6,8-9,13-14,16-17,23H,1-4,7,10-12H2,(H,22,25);2*1H. The molecule has 0 aromatic carbocycles. The van der Waals surface area contributed by atoms with Gasteiger partial charge in [-0.15, -0.1) is 36.2 Å². The van der Waals surface area contributed by atoms with Crippen LogP contribution in [0.4, 0.5) is 0 Å². The first-order valence-corrected chi connectivity index (χ1v) is 10.5. The van der Waals surface area contributed by atoms with E-state index in [9.17, 15) is 4.79 Å². The molecule has 5 nitrogen and oxygen atoms in total. The smallest absolute Gasteiger partial charge is 0.220 e. The fourth-order valence-electron chi connectivity index (χ4n) is 4.22. The number of carbonyl (C=O) groups excluding carboxylic acids is 1. The maximum absolute atomic E-state index is 12.2. The molecule has 2 N–H and O–H groups in total. The molecule has 0 radical (unpaired) electrons. The molecule has 8 heteroatoms. The molecule has 2 fully saturated rings. The van der Waals surface area contributed by atoms with E-state index < -0.39 is 0 Å². The number of rotatable bonds is 7. The summed E-state index contributed by atoms with van der Waals surface area (Å²) in [6.07, 6.45) is 11.0. The van der Waals surface area contributed by atoms with Crippen LogP contribution in [0.3, 0.4) is 0 Å². The van der Waals surface area contributed by atoms with Crippen molar-refractivity contribution in [2.45, 2.75) is 57.0 Å². The monoisotopic (exact) mass is 442 g/mol. The summed E-state index contributed by atoms with van der Waals surface area (Å²) in [6.45, 7) is 0.737. The molecule has 4 rings (SSSR count). The molecule has 0 aliphatic carbocycles. The summed E-state index contributed by atoms with van der Waals surface area (Å²) in [5, 5.41) is 9.95. The molecule has 2 unspecified atom stereocenters. The maximum atomic E-state index is 12.2. The topological polar surface area (TPSA) is 66.9 Å². The van der Waals surface area contributed by atoms with Gasteiger partial charge in [-0.1, -0.05) is 0 Å². The molecule has 1 amide bonds. The van der Waals surface area contributed by atoms with Gasteiger partial charge in [-0.2, -0.15) is 0 Å². The summed E-state index contributed by atoms with van der Waals surface area (Å²) in [6, 6.07) is 5.27. The van der Waals surface area contributed by atoms with Crippen LogP contribution in [0, 0.1) is 5.92 Å². The Hall–Kier alpha value is -1.21. The first-order valence-electron chi connectivity index (χ1n) is 9.64. The number of amides is 1. The number of aromatic nitrogens is 2. The Balaban J connectivity index is 0.00000140. The summed E-state index contributed by atoms with van der Waals surface area (Å²) in [5.74, 6) is 0.781. The Morgan fingerprint density at radius 2 is 1.89 bits per heavy atom. The molecule has 0 saturated carbocycles. The van der Waals surface area contributed by atoms with Crippen molar-refractivity contribution < 1.29 is 4.79 Å². The lowest BCUT2D eigenvalue weighted by molar-refractivity contribution is -0.122. The summed E-state index contributed by atoms with van der Waals surface area (Å²) in [4.78, 5) is 20.9. The predicted molar refractivity (Wildman–Crippen MR) is 118 cm³/mol. The van der Waals surface area contributed by atoms with Crippen LogP contribution in [0.2, 0.25) is 0 Å². The number of aryl methyl sites for hydroxylation is 1. The number of thiazole rings is 1. The molecule has 2 aromatic rings. The SMILES string of the molecule is Cl.Cl.O=C(CC1CC2CCC(C1)N2)NCCCc1nc(-c2ccncc2)cs1. The van der Waals surface area contributed by atoms with E-state index in [2.05, 4.69) is 26.0 Å². The van der Waals surface area contributed by atoms with E-state index in [1.165, 1.54) is 25.7 Å². The lowest BCUT2D eigenvalue weighted by Gasteiger charge is -2.28. The van der Waals surface area contributed by atoms with Crippen LogP contribution in [0.25, 0.3) is 11.3 Å². The second kappa shape index (κ2) is 11.1. The fourth-order valence-corrected chi connectivity index (χ4v) is 5.07. The summed E-state index contributed by atoms with van der Waals surface area (Å²) in [7, 11) is 0. The van der Waals surface area contributed by atoms with Crippen LogP contribution >= 0.6 is 36.2 Å². The first-order chi connectivity index (χ1) is 12.8. The highest BCUT2D eigenvalue weighted by molar-refractivity contribution is 7.09. The molecular formula is C20H28Cl2N4OS. The van der Waals surface area contributed by atoms with Gasteiger partial charge in [-0.3, -0.25) is 9.78 Å². The van der Waals surface area contributed by atoms with Crippen molar-refractivity contribution in [3.8, 4) is 11.3 Å². The number of pyridine rings is 1. The number of fused-ring (bicyclic) bond motifs is 2. The van der Waals surface area contributed by atoms with E-state index >= 15 is 0 Å². The highest BCUT2D eigenvalue weighted by atomic mass is 35.5. The van der Waals surface area contributed by atoms with Crippen LogP contribution < -0.4 is 10.6 Å². The molecule has 2 aliphatic heterocycles. The molecule has 2 atom stereocenters. The molecule has 154 valence electrons. The zero-order valence-electron chi connectivity index (χ0n) is 15.8. The molecule has 0 spiro atoms. The Kier molecular flexibility index (Phi) is 9.15. The van der Waals surface area contributed by atoms with Crippen LogP contribution in [0.5, 0.6) is 0 Å². The van der Waals surface area contributed by atoms with Gasteiger partial charge in [0.2, 0.25) is 5.91 Å². The molecule has 2 saturated heterocycles. The molecule has 28 heavy (non-hydrogen) atoms. The minimum absolute atomic E-state index is 0. The number of piperidine rings is 1. The van der Waals surface area contributed by atoms with Crippen molar-refractivity contribution in [2.75, 3.05) is 6.54 Å². The third-order valence-corrected chi connectivity index (χ3v) is 6.37. The van der Waals surface area contributed by atoms with Crippen molar-refractivity contribution in [3.63, 3.8) is 0 Å². The molecular weight excluding hydrogens is 415 g/mol. The lowest BCUT2D eigenvalue weighted by Crippen LogP contribution is -2.39. The van der Waals surface area contributed by atoms with Crippen molar-refractivity contribution in [1.82, 2.24) is 20.6 Å². The van der Waals surface area contributed by atoms with Gasteiger partial charge in [-0.25, -0.2) is 4.98 Å². The number of hydrogen-bond donors (Lipinski definition) is 2. The second-order valence-corrected chi connectivity index (χ2v) is 8.44. The average Bonchev–Trinajstić information content (AvgIpc) is 3.26. The Labute approximate surface area is 183 Å². The van der Waals surface area contributed by atoms with Crippen molar-refractivity contribution in [2.24, 2.45) is 5.92 Å². The van der Waals surface area contributed by atoms with E-state index in [1.807, 2.05) is 12.1 Å². The zero-order chi connectivity index (χ0) is 17.8. The van der Waals surface area contributed by atoms with Crippen LogP contribution in [0.15, 0.2) is 29.9 Å². The minimum Gasteiger partial charge on any atom is -0.356 e. The fraction of sp³-hybridized carbons (Fsp3) is 0.550. The zero-order valence-corrected chi connectivity index (χ0v) is 18.3. The van der Waals surface area contributed by atoms with Gasteiger partial charge >= 0.3 is 0 Å². The van der Waals surface area contributed by atoms with Gasteiger partial charge in [0.1, 0.15) is 0 Å². The van der Waals surface area contributed by atoms with Gasteiger partial charge in [0.25, 0.3) is 0 Å². The second-order valence-electron chi connectivity index (χ2n) is 7.50. The maximum Gasteiger partial charge on any atom is 0.220 e. The Morgan fingerprint density at radius 3 is 2.61 bits per heavy atom. The number of nitrogens with zero attached hydrogens (tertiary/aromatic N) is 2.